The van der Waals surface area contributed by atoms with Crippen molar-refractivity contribution in [3.05, 3.63) is 51.7 Å². The van der Waals surface area contributed by atoms with Crippen molar-refractivity contribution in [2.75, 3.05) is 26.2 Å². The highest BCUT2D eigenvalue weighted by Crippen LogP contribution is 2.14. The summed E-state index contributed by atoms with van der Waals surface area (Å²) in [4.78, 5) is 19.7. The van der Waals surface area contributed by atoms with Gasteiger partial charge in [-0.2, -0.15) is 5.10 Å². The Morgan fingerprint density at radius 1 is 1.03 bits per heavy atom. The molecule has 0 amide bonds. The van der Waals surface area contributed by atoms with Crippen LogP contribution < -0.4 is 16.3 Å². The van der Waals surface area contributed by atoms with E-state index in [2.05, 4.69) is 51.8 Å². The zero-order valence-corrected chi connectivity index (χ0v) is 22.1. The molecule has 0 unspecified atom stereocenters. The molecule has 182 valence electrons. The molecule has 8 nitrogen and oxygen atoms in total. The van der Waals surface area contributed by atoms with Crippen molar-refractivity contribution < 1.29 is 0 Å². The molecule has 1 fully saturated rings. The minimum absolute atomic E-state index is 0. The Morgan fingerprint density at radius 3 is 2.48 bits per heavy atom. The van der Waals surface area contributed by atoms with Crippen LogP contribution in [0.15, 0.2) is 34.1 Å². The lowest BCUT2D eigenvalue weighted by atomic mass is 10.1. The number of benzene rings is 1. The second kappa shape index (κ2) is 13.1. The highest BCUT2D eigenvalue weighted by molar-refractivity contribution is 14.0. The fraction of sp³-hybridized carbons (Fsp3) is 0.625. The van der Waals surface area contributed by atoms with Gasteiger partial charge in [-0.3, -0.25) is 9.47 Å². The number of guanidine groups is 1. The van der Waals surface area contributed by atoms with Crippen LogP contribution in [-0.2, 0) is 32.6 Å². The van der Waals surface area contributed by atoms with E-state index in [1.54, 1.807) is 4.68 Å². The maximum atomic E-state index is 12.4. The molecular weight excluding hydrogens is 529 g/mol. The van der Waals surface area contributed by atoms with E-state index in [-0.39, 0.29) is 29.7 Å². The molecular formula is C24H38IN7O. The van der Waals surface area contributed by atoms with Gasteiger partial charge in [-0.1, -0.05) is 24.3 Å². The number of aromatic nitrogens is 3. The summed E-state index contributed by atoms with van der Waals surface area (Å²) in [7, 11) is 0. The lowest BCUT2D eigenvalue weighted by Gasteiger charge is -2.14. The summed E-state index contributed by atoms with van der Waals surface area (Å²) < 4.78 is 3.45. The molecule has 0 radical (unpaired) electrons. The van der Waals surface area contributed by atoms with Crippen LogP contribution in [0.4, 0.5) is 0 Å². The van der Waals surface area contributed by atoms with Gasteiger partial charge in [0.2, 0.25) is 0 Å². The Morgan fingerprint density at radius 2 is 1.76 bits per heavy atom. The van der Waals surface area contributed by atoms with Gasteiger partial charge in [0.1, 0.15) is 5.82 Å². The lowest BCUT2D eigenvalue weighted by molar-refractivity contribution is 0.331. The summed E-state index contributed by atoms with van der Waals surface area (Å²) in [5.41, 5.74) is 2.62. The van der Waals surface area contributed by atoms with Gasteiger partial charge in [0.05, 0.1) is 6.54 Å². The molecule has 1 saturated heterocycles. The average Bonchev–Trinajstić information content (AvgIpc) is 3.44. The number of aliphatic imine (C=N–C) groups is 1. The van der Waals surface area contributed by atoms with Crippen molar-refractivity contribution in [1.82, 2.24) is 29.9 Å². The van der Waals surface area contributed by atoms with Crippen LogP contribution in [-0.4, -0.2) is 51.4 Å². The molecule has 3 heterocycles. The average molecular weight is 568 g/mol. The Bertz CT molecular complexity index is 945. The van der Waals surface area contributed by atoms with Crippen LogP contribution in [0.2, 0.25) is 0 Å². The van der Waals surface area contributed by atoms with Crippen LogP contribution in [0.5, 0.6) is 0 Å². The SMILES string of the molecule is CCNC(=NCc1ccc(CN2CCCC2)cc1)NCCCn1nc2n(c1=O)CCCC2.I. The van der Waals surface area contributed by atoms with Gasteiger partial charge >= 0.3 is 5.69 Å². The first-order valence-electron chi connectivity index (χ1n) is 12.2. The summed E-state index contributed by atoms with van der Waals surface area (Å²) in [5.74, 6) is 1.75. The first kappa shape index (κ1) is 25.7. The lowest BCUT2D eigenvalue weighted by Crippen LogP contribution is -2.38. The van der Waals surface area contributed by atoms with Crippen molar-refractivity contribution in [3.63, 3.8) is 0 Å². The van der Waals surface area contributed by atoms with Gasteiger partial charge in [-0.25, -0.2) is 14.5 Å². The molecule has 2 aliphatic heterocycles. The Hall–Kier alpha value is -1.88. The van der Waals surface area contributed by atoms with Gasteiger partial charge in [-0.05, 0) is 63.2 Å². The highest BCUT2D eigenvalue weighted by atomic mass is 127. The molecule has 2 N–H and O–H groups in total. The second-order valence-electron chi connectivity index (χ2n) is 8.81. The maximum Gasteiger partial charge on any atom is 0.345 e. The number of fused-ring (bicyclic) bond motifs is 1. The largest absolute Gasteiger partial charge is 0.357 e. The normalized spacial score (nSPS) is 16.3. The third kappa shape index (κ3) is 7.30. The van der Waals surface area contributed by atoms with Crippen molar-refractivity contribution in [2.24, 2.45) is 4.99 Å². The van der Waals surface area contributed by atoms with E-state index in [0.29, 0.717) is 13.1 Å². The van der Waals surface area contributed by atoms with Crippen molar-refractivity contribution in [3.8, 4) is 0 Å². The minimum atomic E-state index is 0. The second-order valence-corrected chi connectivity index (χ2v) is 8.81. The number of hydrogen-bond donors (Lipinski definition) is 2. The van der Waals surface area contributed by atoms with Gasteiger partial charge in [0, 0.05) is 39.1 Å². The molecule has 4 rings (SSSR count). The van der Waals surface area contributed by atoms with Crippen molar-refractivity contribution >= 4 is 29.9 Å². The molecule has 0 atom stereocenters. The van der Waals surface area contributed by atoms with Crippen LogP contribution in [0, 0.1) is 0 Å². The quantitative estimate of drug-likeness (QED) is 0.211. The van der Waals surface area contributed by atoms with Crippen LogP contribution in [0.25, 0.3) is 0 Å². The van der Waals surface area contributed by atoms with Crippen molar-refractivity contribution in [1.29, 1.82) is 0 Å². The standard InChI is InChI=1S/C24H37N7O.HI/c1-2-25-23(26-13-7-17-31-24(32)30-16-4-3-8-22(30)28-31)27-18-20-9-11-21(12-10-20)19-29-14-5-6-15-29;/h9-12H,2-8,13-19H2,1H3,(H2,25,26,27);1H. The molecule has 0 aliphatic carbocycles. The predicted octanol–water partition coefficient (Wildman–Crippen LogP) is 2.74. The number of hydrogen-bond acceptors (Lipinski definition) is 4. The molecule has 1 aromatic heterocycles. The third-order valence-corrected chi connectivity index (χ3v) is 6.26. The zero-order valence-electron chi connectivity index (χ0n) is 19.8. The van der Waals surface area contributed by atoms with Gasteiger partial charge < -0.3 is 10.6 Å². The number of rotatable bonds is 9. The summed E-state index contributed by atoms with van der Waals surface area (Å²) in [6.07, 6.45) is 6.59. The number of aryl methyl sites for hydroxylation is 2. The molecule has 0 saturated carbocycles. The fourth-order valence-electron chi connectivity index (χ4n) is 4.49. The number of halogens is 1. The molecule has 2 aromatic rings. The van der Waals surface area contributed by atoms with Crippen LogP contribution in [0.3, 0.4) is 0 Å². The predicted molar refractivity (Wildman–Crippen MR) is 143 cm³/mol. The summed E-state index contributed by atoms with van der Waals surface area (Å²) in [6, 6.07) is 8.83. The summed E-state index contributed by atoms with van der Waals surface area (Å²) >= 11 is 0. The van der Waals surface area contributed by atoms with Crippen LogP contribution in [0.1, 0.15) is 56.0 Å². The smallest absolute Gasteiger partial charge is 0.345 e. The van der Waals surface area contributed by atoms with Gasteiger partial charge in [0.25, 0.3) is 0 Å². The maximum absolute atomic E-state index is 12.4. The summed E-state index contributed by atoms with van der Waals surface area (Å²) in [6.45, 7) is 9.21. The van der Waals surface area contributed by atoms with Gasteiger partial charge in [0.15, 0.2) is 5.96 Å². The molecule has 0 bridgehead atoms. The third-order valence-electron chi connectivity index (χ3n) is 6.26. The van der Waals surface area contributed by atoms with Gasteiger partial charge in [-0.15, -0.1) is 24.0 Å². The molecule has 33 heavy (non-hydrogen) atoms. The number of nitrogens with one attached hydrogen (secondary N) is 2. The van der Waals surface area contributed by atoms with E-state index in [4.69, 9.17) is 4.99 Å². The van der Waals surface area contributed by atoms with Crippen LogP contribution >= 0.6 is 24.0 Å². The minimum Gasteiger partial charge on any atom is -0.357 e. The number of nitrogens with zero attached hydrogens (tertiary/aromatic N) is 5. The molecule has 9 heteroatoms. The topological polar surface area (TPSA) is 79.5 Å². The number of likely N-dealkylation sites (tertiary alicyclic amines) is 1. The Kier molecular flexibility index (Phi) is 10.2. The Labute approximate surface area is 213 Å². The van der Waals surface area contributed by atoms with E-state index < -0.39 is 0 Å². The molecule has 1 aromatic carbocycles. The van der Waals surface area contributed by atoms with E-state index in [1.165, 1.54) is 37.1 Å². The van der Waals surface area contributed by atoms with E-state index in [1.807, 2.05) is 4.57 Å². The molecule has 0 spiro atoms. The van der Waals surface area contributed by atoms with Crippen molar-refractivity contribution in [2.45, 2.75) is 71.6 Å². The van der Waals surface area contributed by atoms with E-state index in [0.717, 1.165) is 63.6 Å². The Balaban J connectivity index is 0.00000306. The first-order chi connectivity index (χ1) is 15.7. The zero-order chi connectivity index (χ0) is 22.2. The summed E-state index contributed by atoms with van der Waals surface area (Å²) in [5, 5.41) is 11.2. The highest BCUT2D eigenvalue weighted by Gasteiger charge is 2.16. The monoisotopic (exact) mass is 567 g/mol. The van der Waals surface area contributed by atoms with E-state index >= 15 is 0 Å². The fourth-order valence-corrected chi connectivity index (χ4v) is 4.49. The first-order valence-corrected chi connectivity index (χ1v) is 12.2. The van der Waals surface area contributed by atoms with E-state index in [9.17, 15) is 4.79 Å². The molecule has 2 aliphatic rings.